The molecule has 0 aromatic rings. The first-order chi connectivity index (χ1) is 5.85. The molecule has 0 aromatic carbocycles. The number of alkyl halides is 1. The second-order valence-corrected chi connectivity index (χ2v) is 3.88. The highest BCUT2D eigenvalue weighted by atomic mass is 79.9. The van der Waals surface area contributed by atoms with Gasteiger partial charge in [-0.25, -0.2) is 0 Å². The van der Waals surface area contributed by atoms with Crippen LogP contribution in [-0.4, -0.2) is 18.5 Å². The molecule has 2 heteroatoms. The second kappa shape index (κ2) is 9.53. The first kappa shape index (κ1) is 12.4. The van der Waals surface area contributed by atoms with Gasteiger partial charge in [0.25, 0.3) is 0 Å². The van der Waals surface area contributed by atoms with E-state index in [1.54, 1.807) is 0 Å². The highest BCUT2D eigenvalue weighted by Crippen LogP contribution is 2.10. The molecule has 0 heterocycles. The Balaban J connectivity index is 3.19. The number of hydrogen-bond acceptors (Lipinski definition) is 1. The second-order valence-electron chi connectivity index (χ2n) is 3.24. The molecule has 0 aromatic heterocycles. The quantitative estimate of drug-likeness (QED) is 0.463. The van der Waals surface area contributed by atoms with Crippen molar-refractivity contribution in [3.8, 4) is 0 Å². The van der Waals surface area contributed by atoms with Crippen molar-refractivity contribution in [3.05, 3.63) is 0 Å². The highest BCUT2D eigenvalue weighted by Gasteiger charge is 2.04. The lowest BCUT2D eigenvalue weighted by atomic mass is 10.1. The molecule has 0 spiro atoms. The minimum Gasteiger partial charge on any atom is -0.381 e. The Bertz CT molecular complexity index is 85.9. The van der Waals surface area contributed by atoms with Crippen molar-refractivity contribution in [2.75, 3.05) is 18.5 Å². The van der Waals surface area contributed by atoms with E-state index in [4.69, 9.17) is 4.74 Å². The Hall–Kier alpha value is 0.440. The molecule has 74 valence electrons. The zero-order chi connectivity index (χ0) is 9.23. The molecule has 0 N–H and O–H groups in total. The summed E-state index contributed by atoms with van der Waals surface area (Å²) >= 11 is 3.51. The molecule has 0 aliphatic heterocycles. The van der Waals surface area contributed by atoms with Crippen molar-refractivity contribution in [2.45, 2.75) is 39.5 Å². The molecular formula is C10H21BrO. The summed E-state index contributed by atoms with van der Waals surface area (Å²) < 4.78 is 5.55. The van der Waals surface area contributed by atoms with Crippen LogP contribution in [0.3, 0.4) is 0 Å². The van der Waals surface area contributed by atoms with Crippen molar-refractivity contribution in [1.29, 1.82) is 0 Å². The third kappa shape index (κ3) is 7.11. The lowest BCUT2D eigenvalue weighted by molar-refractivity contribution is 0.101. The van der Waals surface area contributed by atoms with E-state index in [0.29, 0.717) is 5.92 Å². The van der Waals surface area contributed by atoms with Crippen LogP contribution in [0.15, 0.2) is 0 Å². The van der Waals surface area contributed by atoms with E-state index in [1.165, 1.54) is 25.7 Å². The predicted molar refractivity (Wildman–Crippen MR) is 57.9 cm³/mol. The number of rotatable bonds is 8. The Kier molecular flexibility index (Phi) is 9.88. The molecule has 0 aliphatic rings. The zero-order valence-electron chi connectivity index (χ0n) is 8.31. The average Bonchev–Trinajstić information content (AvgIpc) is 2.10. The van der Waals surface area contributed by atoms with Crippen LogP contribution in [0.4, 0.5) is 0 Å². The molecule has 0 saturated heterocycles. The van der Waals surface area contributed by atoms with Gasteiger partial charge in [-0.2, -0.15) is 0 Å². The number of hydrogen-bond donors (Lipinski definition) is 0. The summed E-state index contributed by atoms with van der Waals surface area (Å²) in [6.07, 6.45) is 4.96. The van der Waals surface area contributed by atoms with E-state index < -0.39 is 0 Å². The molecule has 0 amide bonds. The number of unbranched alkanes of at least 4 members (excludes halogenated alkanes) is 1. The predicted octanol–water partition coefficient (Wildman–Crippen LogP) is 3.61. The van der Waals surface area contributed by atoms with Crippen molar-refractivity contribution < 1.29 is 4.74 Å². The van der Waals surface area contributed by atoms with Crippen molar-refractivity contribution in [3.63, 3.8) is 0 Å². The van der Waals surface area contributed by atoms with Crippen LogP contribution >= 0.6 is 15.9 Å². The smallest absolute Gasteiger partial charge is 0.0502 e. The van der Waals surface area contributed by atoms with Crippen LogP contribution in [-0.2, 0) is 4.74 Å². The third-order valence-electron chi connectivity index (χ3n) is 1.91. The normalized spacial score (nSPS) is 13.2. The Labute approximate surface area is 85.0 Å². The first-order valence-corrected chi connectivity index (χ1v) is 6.11. The fourth-order valence-corrected chi connectivity index (χ4v) is 1.62. The minimum atomic E-state index is 0.715. The van der Waals surface area contributed by atoms with E-state index >= 15 is 0 Å². The minimum absolute atomic E-state index is 0.715. The molecule has 1 nitrogen and oxygen atoms in total. The molecular weight excluding hydrogens is 216 g/mol. The molecule has 0 aliphatic carbocycles. The van der Waals surface area contributed by atoms with Crippen molar-refractivity contribution in [2.24, 2.45) is 5.92 Å². The van der Waals surface area contributed by atoms with Gasteiger partial charge in [-0.3, -0.25) is 0 Å². The summed E-state index contributed by atoms with van der Waals surface area (Å²) in [5.74, 6) is 0.715. The monoisotopic (exact) mass is 236 g/mol. The largest absolute Gasteiger partial charge is 0.381 e. The molecule has 0 radical (unpaired) electrons. The third-order valence-corrected chi connectivity index (χ3v) is 2.83. The topological polar surface area (TPSA) is 9.23 Å². The molecule has 0 fully saturated rings. The molecule has 0 bridgehead atoms. The van der Waals surface area contributed by atoms with Gasteiger partial charge < -0.3 is 4.74 Å². The maximum atomic E-state index is 5.55. The van der Waals surface area contributed by atoms with Gasteiger partial charge in [-0.1, -0.05) is 42.6 Å². The van der Waals surface area contributed by atoms with Gasteiger partial charge in [0.2, 0.25) is 0 Å². The molecule has 1 unspecified atom stereocenters. The Morgan fingerprint density at radius 2 is 2.00 bits per heavy atom. The van der Waals surface area contributed by atoms with Gasteiger partial charge in [0.05, 0.1) is 6.61 Å². The summed E-state index contributed by atoms with van der Waals surface area (Å²) in [5, 5.41) is 1.08. The van der Waals surface area contributed by atoms with Crippen LogP contribution < -0.4 is 0 Å². The van der Waals surface area contributed by atoms with Gasteiger partial charge in [0, 0.05) is 11.9 Å². The lowest BCUT2D eigenvalue weighted by Gasteiger charge is -2.12. The lowest BCUT2D eigenvalue weighted by Crippen LogP contribution is -2.11. The van der Waals surface area contributed by atoms with Gasteiger partial charge in [-0.05, 0) is 18.8 Å². The highest BCUT2D eigenvalue weighted by molar-refractivity contribution is 9.09. The Morgan fingerprint density at radius 1 is 1.25 bits per heavy atom. The Morgan fingerprint density at radius 3 is 2.50 bits per heavy atom. The van der Waals surface area contributed by atoms with Crippen LogP contribution in [0.5, 0.6) is 0 Å². The van der Waals surface area contributed by atoms with Gasteiger partial charge in [0.1, 0.15) is 0 Å². The summed E-state index contributed by atoms with van der Waals surface area (Å²) in [5.41, 5.74) is 0. The average molecular weight is 237 g/mol. The zero-order valence-corrected chi connectivity index (χ0v) is 9.90. The fourth-order valence-electron chi connectivity index (χ4n) is 1.11. The summed E-state index contributed by atoms with van der Waals surface area (Å²) in [6, 6.07) is 0. The van der Waals surface area contributed by atoms with E-state index in [1.807, 2.05) is 0 Å². The summed E-state index contributed by atoms with van der Waals surface area (Å²) in [6.45, 7) is 6.28. The fraction of sp³-hybridized carbons (Fsp3) is 1.00. The maximum Gasteiger partial charge on any atom is 0.0502 e. The van der Waals surface area contributed by atoms with E-state index in [2.05, 4.69) is 29.8 Å². The maximum absolute atomic E-state index is 5.55. The van der Waals surface area contributed by atoms with Gasteiger partial charge in [-0.15, -0.1) is 0 Å². The van der Waals surface area contributed by atoms with Crippen LogP contribution in [0, 0.1) is 5.92 Å². The first-order valence-electron chi connectivity index (χ1n) is 4.98. The SMILES string of the molecule is CCCCOCC(CBr)CCC. The summed E-state index contributed by atoms with van der Waals surface area (Å²) in [7, 11) is 0. The number of halogens is 1. The standard InChI is InChI=1S/C10H21BrO/c1-3-5-7-12-9-10(8-11)6-4-2/h10H,3-9H2,1-2H3. The van der Waals surface area contributed by atoms with Gasteiger partial charge >= 0.3 is 0 Å². The van der Waals surface area contributed by atoms with Crippen LogP contribution in [0.25, 0.3) is 0 Å². The van der Waals surface area contributed by atoms with Crippen LogP contribution in [0.2, 0.25) is 0 Å². The van der Waals surface area contributed by atoms with E-state index in [-0.39, 0.29) is 0 Å². The summed E-state index contributed by atoms with van der Waals surface area (Å²) in [4.78, 5) is 0. The van der Waals surface area contributed by atoms with E-state index in [0.717, 1.165) is 18.5 Å². The van der Waals surface area contributed by atoms with Crippen molar-refractivity contribution in [1.82, 2.24) is 0 Å². The van der Waals surface area contributed by atoms with Gasteiger partial charge in [0.15, 0.2) is 0 Å². The van der Waals surface area contributed by atoms with Crippen LogP contribution in [0.1, 0.15) is 39.5 Å². The molecule has 1 atom stereocenters. The molecule has 0 rings (SSSR count). The number of ether oxygens (including phenoxy) is 1. The van der Waals surface area contributed by atoms with E-state index in [9.17, 15) is 0 Å². The molecule has 12 heavy (non-hydrogen) atoms. The molecule has 0 saturated carbocycles. The van der Waals surface area contributed by atoms with Crippen molar-refractivity contribution >= 4 is 15.9 Å².